The Bertz CT molecular complexity index is 1310. The molecule has 1 aliphatic heterocycles. The first-order valence-electron chi connectivity index (χ1n) is 10.0. The quantitative estimate of drug-likeness (QED) is 0.513. The van der Waals surface area contributed by atoms with Crippen molar-refractivity contribution in [1.29, 1.82) is 0 Å². The molecule has 0 spiro atoms. The number of thioether (sulfide) groups is 1. The summed E-state index contributed by atoms with van der Waals surface area (Å²) in [6, 6.07) is 18.1. The molecule has 0 aromatic heterocycles. The topological polar surface area (TPSA) is 72.5 Å². The van der Waals surface area contributed by atoms with Crippen molar-refractivity contribution in [1.82, 2.24) is 0 Å². The van der Waals surface area contributed by atoms with Crippen LogP contribution in [-0.2, 0) is 20.4 Å². The van der Waals surface area contributed by atoms with Gasteiger partial charge in [0.1, 0.15) is 5.75 Å². The predicted octanol–water partition coefficient (Wildman–Crippen LogP) is 5.37. The van der Waals surface area contributed by atoms with Gasteiger partial charge in [-0.3, -0.25) is 4.79 Å². The summed E-state index contributed by atoms with van der Waals surface area (Å²) in [6.07, 6.45) is 1.80. The summed E-state index contributed by atoms with van der Waals surface area (Å²) >= 11 is 1.32. The van der Waals surface area contributed by atoms with Gasteiger partial charge in [0, 0.05) is 4.90 Å². The monoisotopic (exact) mass is 465 g/mol. The number of ether oxygens (including phenoxy) is 1. The zero-order valence-corrected chi connectivity index (χ0v) is 19.6. The van der Waals surface area contributed by atoms with Crippen LogP contribution in [0.15, 0.2) is 75.4 Å². The molecule has 1 N–H and O–H groups in total. The highest BCUT2D eigenvalue weighted by atomic mass is 32.2. The maximum atomic E-state index is 13.1. The number of methoxy groups -OCH3 is 1. The molecular formula is C25H23NO4S2. The summed E-state index contributed by atoms with van der Waals surface area (Å²) in [5, 5.41) is 2.83. The minimum atomic E-state index is -3.57. The summed E-state index contributed by atoms with van der Waals surface area (Å²) in [5.41, 5.74) is 4.09. The van der Waals surface area contributed by atoms with Crippen LogP contribution in [0.25, 0.3) is 6.08 Å². The van der Waals surface area contributed by atoms with Gasteiger partial charge in [0.25, 0.3) is 5.91 Å². The van der Waals surface area contributed by atoms with E-state index in [2.05, 4.69) is 5.32 Å². The van der Waals surface area contributed by atoms with Crippen molar-refractivity contribution in [3.05, 3.63) is 87.8 Å². The molecule has 5 nitrogen and oxygen atoms in total. The van der Waals surface area contributed by atoms with Crippen molar-refractivity contribution >= 4 is 39.3 Å². The number of sulfone groups is 1. The fourth-order valence-corrected chi connectivity index (χ4v) is 6.04. The molecule has 7 heteroatoms. The Kier molecular flexibility index (Phi) is 6.13. The number of carbonyl (C=O) groups is 1. The molecule has 1 aliphatic rings. The predicted molar refractivity (Wildman–Crippen MR) is 129 cm³/mol. The molecule has 3 aromatic carbocycles. The Labute approximate surface area is 192 Å². The number of fused-ring (bicyclic) bond motifs is 1. The van der Waals surface area contributed by atoms with Crippen LogP contribution in [0, 0.1) is 13.8 Å². The van der Waals surface area contributed by atoms with Crippen LogP contribution < -0.4 is 10.1 Å². The minimum Gasteiger partial charge on any atom is -0.497 e. The smallest absolute Gasteiger partial charge is 0.262 e. The van der Waals surface area contributed by atoms with E-state index in [-0.39, 0.29) is 16.6 Å². The Balaban J connectivity index is 1.60. The van der Waals surface area contributed by atoms with E-state index in [1.54, 1.807) is 31.4 Å². The van der Waals surface area contributed by atoms with Crippen molar-refractivity contribution < 1.29 is 17.9 Å². The molecule has 1 heterocycles. The number of hydrogen-bond acceptors (Lipinski definition) is 5. The second-order valence-corrected chi connectivity index (χ2v) is 10.7. The molecule has 0 saturated carbocycles. The van der Waals surface area contributed by atoms with Crippen LogP contribution in [0.2, 0.25) is 0 Å². The maximum Gasteiger partial charge on any atom is 0.262 e. The van der Waals surface area contributed by atoms with Crippen molar-refractivity contribution in [2.45, 2.75) is 29.4 Å². The Morgan fingerprint density at radius 2 is 1.69 bits per heavy atom. The lowest BCUT2D eigenvalue weighted by Gasteiger charge is -2.20. The highest BCUT2D eigenvalue weighted by Crippen LogP contribution is 2.40. The molecule has 0 bridgehead atoms. The number of amides is 1. The van der Waals surface area contributed by atoms with Gasteiger partial charge in [0.15, 0.2) is 9.84 Å². The molecule has 0 radical (unpaired) electrons. The zero-order valence-electron chi connectivity index (χ0n) is 18.0. The van der Waals surface area contributed by atoms with E-state index in [1.165, 1.54) is 11.8 Å². The first-order chi connectivity index (χ1) is 15.3. The van der Waals surface area contributed by atoms with Crippen LogP contribution in [0.5, 0.6) is 5.75 Å². The number of nitrogens with one attached hydrogen (secondary N) is 1. The number of benzene rings is 3. The van der Waals surface area contributed by atoms with Gasteiger partial charge in [-0.25, -0.2) is 8.42 Å². The Morgan fingerprint density at radius 1 is 1.00 bits per heavy atom. The highest BCUT2D eigenvalue weighted by Gasteiger charge is 2.24. The van der Waals surface area contributed by atoms with Gasteiger partial charge in [-0.1, -0.05) is 42.1 Å². The fraction of sp³-hybridized carbons (Fsp3) is 0.160. The molecule has 1 amide bonds. The second kappa shape index (κ2) is 8.84. The van der Waals surface area contributed by atoms with E-state index in [0.717, 1.165) is 32.9 Å². The SMILES string of the molecule is COc1ccc(/C=C2/Sc3ccc(S(=O)(=O)Cc4c(C)cccc4C)cc3NC2=O)cc1. The van der Waals surface area contributed by atoms with Crippen LogP contribution >= 0.6 is 11.8 Å². The first kappa shape index (κ1) is 22.2. The third-order valence-electron chi connectivity index (χ3n) is 5.39. The van der Waals surface area contributed by atoms with Crippen LogP contribution in [-0.4, -0.2) is 21.4 Å². The first-order valence-corrected chi connectivity index (χ1v) is 12.5. The van der Waals surface area contributed by atoms with Gasteiger partial charge in [-0.2, -0.15) is 0 Å². The van der Waals surface area contributed by atoms with Gasteiger partial charge >= 0.3 is 0 Å². The molecule has 0 unspecified atom stereocenters. The normalized spacial score (nSPS) is 14.7. The lowest BCUT2D eigenvalue weighted by Crippen LogP contribution is -2.18. The van der Waals surface area contributed by atoms with E-state index >= 15 is 0 Å². The molecular weight excluding hydrogens is 442 g/mol. The standard InChI is InChI=1S/C25H23NO4S2/c1-16-5-4-6-17(2)21(16)15-32(28,29)20-11-12-23-22(14-20)26-25(27)24(31-23)13-18-7-9-19(30-3)10-8-18/h4-14H,15H2,1-3H3,(H,26,27)/b24-13+. The lowest BCUT2D eigenvalue weighted by atomic mass is 10.1. The summed E-state index contributed by atoms with van der Waals surface area (Å²) in [6.45, 7) is 3.83. The van der Waals surface area contributed by atoms with Crippen molar-refractivity contribution in [2.24, 2.45) is 0 Å². The largest absolute Gasteiger partial charge is 0.497 e. The van der Waals surface area contributed by atoms with E-state index in [1.807, 2.05) is 56.3 Å². The molecule has 3 aromatic rings. The third-order valence-corrected chi connectivity index (χ3v) is 8.13. The van der Waals surface area contributed by atoms with Gasteiger partial charge < -0.3 is 10.1 Å². The summed E-state index contributed by atoms with van der Waals surface area (Å²) in [5.74, 6) is 0.407. The van der Waals surface area contributed by atoms with Crippen molar-refractivity contribution in [3.63, 3.8) is 0 Å². The molecule has 0 atom stereocenters. The molecule has 32 heavy (non-hydrogen) atoms. The summed E-state index contributed by atoms with van der Waals surface area (Å²) in [4.78, 5) is 14.2. The zero-order chi connectivity index (χ0) is 22.9. The highest BCUT2D eigenvalue weighted by molar-refractivity contribution is 8.04. The molecule has 0 fully saturated rings. The van der Waals surface area contributed by atoms with E-state index in [9.17, 15) is 13.2 Å². The second-order valence-electron chi connectivity index (χ2n) is 7.63. The van der Waals surface area contributed by atoms with Gasteiger partial charge in [0.05, 0.1) is 28.4 Å². The van der Waals surface area contributed by atoms with Crippen LogP contribution in [0.1, 0.15) is 22.3 Å². The van der Waals surface area contributed by atoms with E-state index in [4.69, 9.17) is 4.74 Å². The molecule has 0 aliphatic carbocycles. The van der Waals surface area contributed by atoms with Crippen molar-refractivity contribution in [3.8, 4) is 5.75 Å². The number of aryl methyl sites for hydroxylation is 2. The molecule has 164 valence electrons. The van der Waals surface area contributed by atoms with Crippen LogP contribution in [0.3, 0.4) is 0 Å². The fourth-order valence-electron chi connectivity index (χ4n) is 3.53. The average molecular weight is 466 g/mol. The summed E-state index contributed by atoms with van der Waals surface area (Å²) < 4.78 is 31.3. The molecule has 4 rings (SSSR count). The van der Waals surface area contributed by atoms with Gasteiger partial charge in [0.2, 0.25) is 0 Å². The minimum absolute atomic E-state index is 0.0754. The van der Waals surface area contributed by atoms with Gasteiger partial charge in [-0.05, 0) is 72.5 Å². The Morgan fingerprint density at radius 3 is 2.34 bits per heavy atom. The maximum absolute atomic E-state index is 13.1. The number of anilines is 1. The lowest BCUT2D eigenvalue weighted by molar-refractivity contribution is -0.112. The number of rotatable bonds is 5. The van der Waals surface area contributed by atoms with E-state index < -0.39 is 9.84 Å². The van der Waals surface area contributed by atoms with Crippen LogP contribution in [0.4, 0.5) is 5.69 Å². The average Bonchev–Trinajstić information content (AvgIpc) is 2.77. The number of hydrogen-bond donors (Lipinski definition) is 1. The van der Waals surface area contributed by atoms with Gasteiger partial charge in [-0.15, -0.1) is 0 Å². The summed E-state index contributed by atoms with van der Waals surface area (Å²) in [7, 11) is -1.96. The van der Waals surface area contributed by atoms with E-state index in [0.29, 0.717) is 10.6 Å². The van der Waals surface area contributed by atoms with Crippen molar-refractivity contribution in [2.75, 3.05) is 12.4 Å². The third kappa shape index (κ3) is 4.59. The number of carbonyl (C=O) groups excluding carboxylic acids is 1. The Hall–Kier alpha value is -3.03. The molecule has 0 saturated heterocycles.